The van der Waals surface area contributed by atoms with E-state index in [-0.39, 0.29) is 43.0 Å². The van der Waals surface area contributed by atoms with Crippen LogP contribution in [0.2, 0.25) is 0 Å². The van der Waals surface area contributed by atoms with E-state index in [1.165, 1.54) is 12.1 Å². The van der Waals surface area contributed by atoms with Gasteiger partial charge in [0.15, 0.2) is 11.2 Å². The van der Waals surface area contributed by atoms with Gasteiger partial charge >= 0.3 is 5.97 Å². The molecule has 0 fully saturated rings. The first-order valence-electron chi connectivity index (χ1n) is 9.37. The number of aromatic hydroxyl groups is 1. The van der Waals surface area contributed by atoms with Crippen LogP contribution in [-0.4, -0.2) is 87.5 Å². The third-order valence-electron chi connectivity index (χ3n) is 3.89. The molecule has 1 aliphatic heterocycles. The zero-order valence-corrected chi connectivity index (χ0v) is 17.0. The Morgan fingerprint density at radius 3 is 2.55 bits per heavy atom. The Morgan fingerprint density at radius 2 is 1.86 bits per heavy atom. The highest BCUT2D eigenvalue weighted by molar-refractivity contribution is 5.99. The molecule has 29 heavy (non-hydrogen) atoms. The van der Waals surface area contributed by atoms with Crippen molar-refractivity contribution in [2.45, 2.75) is 19.4 Å². The lowest BCUT2D eigenvalue weighted by Gasteiger charge is -2.15. The fraction of sp³-hybridized carbons (Fsp3) is 0.632. The van der Waals surface area contributed by atoms with Crippen LogP contribution in [0.15, 0.2) is 17.1 Å². The van der Waals surface area contributed by atoms with Crippen LogP contribution in [0.1, 0.15) is 19.5 Å². The van der Waals surface area contributed by atoms with Crippen molar-refractivity contribution in [1.29, 1.82) is 0 Å². The molecule has 1 aliphatic rings. The molecule has 0 radical (unpaired) electrons. The molecule has 2 heterocycles. The number of pyridine rings is 1. The minimum atomic E-state index is -1.17. The first kappa shape index (κ1) is 22.9. The van der Waals surface area contributed by atoms with Crippen molar-refractivity contribution in [3.05, 3.63) is 17.8 Å². The fourth-order valence-corrected chi connectivity index (χ4v) is 2.35. The molecule has 0 saturated heterocycles. The van der Waals surface area contributed by atoms with Gasteiger partial charge in [-0.2, -0.15) is 0 Å². The number of aromatic nitrogens is 1. The lowest BCUT2D eigenvalue weighted by Crippen LogP contribution is -2.36. The van der Waals surface area contributed by atoms with Gasteiger partial charge in [0.2, 0.25) is 11.8 Å². The van der Waals surface area contributed by atoms with Crippen LogP contribution >= 0.6 is 0 Å². The van der Waals surface area contributed by atoms with Gasteiger partial charge in [-0.3, -0.25) is 0 Å². The number of nitrogens with zero attached hydrogens (tertiary/aromatic N) is 2. The van der Waals surface area contributed by atoms with E-state index in [2.05, 4.69) is 9.98 Å². The van der Waals surface area contributed by atoms with Gasteiger partial charge in [-0.15, -0.1) is 0 Å². The van der Waals surface area contributed by atoms with Gasteiger partial charge in [-0.05, 0) is 19.9 Å². The van der Waals surface area contributed by atoms with Crippen LogP contribution in [0.25, 0.3) is 0 Å². The first-order chi connectivity index (χ1) is 14.0. The lowest BCUT2D eigenvalue weighted by atomic mass is 10.1. The summed E-state index contributed by atoms with van der Waals surface area (Å²) in [6, 6.07) is 2.95. The normalized spacial score (nSPS) is 18.2. The monoisotopic (exact) mass is 412 g/mol. The van der Waals surface area contributed by atoms with Crippen molar-refractivity contribution in [2.75, 3.05) is 60.0 Å². The summed E-state index contributed by atoms with van der Waals surface area (Å²) >= 11 is 0. The maximum Gasteiger partial charge on any atom is 0.337 e. The molecule has 1 N–H and O–H groups in total. The maximum atomic E-state index is 12.1. The largest absolute Gasteiger partial charge is 0.505 e. The average Bonchev–Trinajstić information content (AvgIpc) is 3.11. The molecule has 1 aromatic heterocycles. The summed E-state index contributed by atoms with van der Waals surface area (Å²) in [5.74, 6) is -0.291. The molecule has 162 valence electrons. The fourth-order valence-electron chi connectivity index (χ4n) is 2.35. The highest BCUT2D eigenvalue weighted by atomic mass is 16.6. The van der Waals surface area contributed by atoms with E-state index >= 15 is 0 Å². The van der Waals surface area contributed by atoms with Gasteiger partial charge in [0, 0.05) is 13.2 Å². The molecule has 0 saturated carbocycles. The summed E-state index contributed by atoms with van der Waals surface area (Å²) in [4.78, 5) is 20.5. The summed E-state index contributed by atoms with van der Waals surface area (Å²) in [5, 5.41) is 10.1. The van der Waals surface area contributed by atoms with Crippen molar-refractivity contribution in [2.24, 2.45) is 4.99 Å². The second-order valence-corrected chi connectivity index (χ2v) is 6.28. The van der Waals surface area contributed by atoms with Gasteiger partial charge in [-0.1, -0.05) is 0 Å². The smallest absolute Gasteiger partial charge is 0.337 e. The van der Waals surface area contributed by atoms with E-state index in [1.54, 1.807) is 21.0 Å². The second-order valence-electron chi connectivity index (χ2n) is 6.28. The van der Waals surface area contributed by atoms with Crippen LogP contribution in [-0.2, 0) is 28.5 Å². The molecule has 2 rings (SSSR count). The molecule has 1 aromatic rings. The number of methoxy groups -OCH3 is 1. The molecule has 0 aromatic carbocycles. The number of rotatable bonds is 13. The SMILES string of the molecule is CCOC(=O)[C@@]1(C)COC(c2nc(OCCOCCOCCOC)ccc2O)=N1. The molecule has 0 spiro atoms. The van der Waals surface area contributed by atoms with E-state index in [0.717, 1.165) is 0 Å². The molecule has 10 nitrogen and oxygen atoms in total. The maximum absolute atomic E-state index is 12.1. The Kier molecular flexibility index (Phi) is 9.10. The Balaban J connectivity index is 1.85. The number of carbonyl (C=O) groups excluding carboxylic acids is 1. The Labute approximate surface area is 169 Å². The Morgan fingerprint density at radius 1 is 1.17 bits per heavy atom. The van der Waals surface area contributed by atoms with Crippen LogP contribution in [0.5, 0.6) is 11.6 Å². The molecule has 0 bridgehead atoms. The molecule has 1 atom stereocenters. The third kappa shape index (κ3) is 6.84. The number of esters is 1. The van der Waals surface area contributed by atoms with Crippen molar-refractivity contribution in [3.63, 3.8) is 0 Å². The number of hydrogen-bond acceptors (Lipinski definition) is 10. The van der Waals surface area contributed by atoms with Gasteiger partial charge in [0.1, 0.15) is 19.0 Å². The number of aliphatic imine (C=N–C) groups is 1. The van der Waals surface area contributed by atoms with Gasteiger partial charge in [0.05, 0.1) is 39.6 Å². The van der Waals surface area contributed by atoms with Crippen molar-refractivity contribution >= 4 is 11.9 Å². The minimum Gasteiger partial charge on any atom is -0.505 e. The summed E-state index contributed by atoms with van der Waals surface area (Å²) < 4.78 is 31.6. The van der Waals surface area contributed by atoms with E-state index in [1.807, 2.05) is 0 Å². The summed E-state index contributed by atoms with van der Waals surface area (Å²) in [7, 11) is 1.62. The van der Waals surface area contributed by atoms with E-state index < -0.39 is 11.5 Å². The highest BCUT2D eigenvalue weighted by Crippen LogP contribution is 2.27. The molecular weight excluding hydrogens is 384 g/mol. The molecule has 0 aliphatic carbocycles. The summed E-state index contributed by atoms with van der Waals surface area (Å²) in [6.07, 6.45) is 0. The first-order valence-corrected chi connectivity index (χ1v) is 9.37. The standard InChI is InChI=1S/C19H28N2O8/c1-4-27-18(23)19(2)13-29-17(21-19)16-14(22)5-6-15(20-16)28-12-11-26-10-9-25-8-7-24-3/h5-6,22H,4,7-13H2,1-3H3/t19-/m1/s1. The van der Waals surface area contributed by atoms with Crippen LogP contribution in [0, 0.1) is 0 Å². The van der Waals surface area contributed by atoms with Crippen LogP contribution < -0.4 is 4.74 Å². The van der Waals surface area contributed by atoms with Crippen LogP contribution in [0.3, 0.4) is 0 Å². The lowest BCUT2D eigenvalue weighted by molar-refractivity contribution is -0.149. The number of hydrogen-bond donors (Lipinski definition) is 1. The van der Waals surface area contributed by atoms with E-state index in [9.17, 15) is 9.90 Å². The van der Waals surface area contributed by atoms with Crippen molar-refractivity contribution < 1.29 is 38.3 Å². The molecule has 10 heteroatoms. The van der Waals surface area contributed by atoms with E-state index in [0.29, 0.717) is 33.0 Å². The highest BCUT2D eigenvalue weighted by Gasteiger charge is 2.42. The quantitative estimate of drug-likeness (QED) is 0.373. The minimum absolute atomic E-state index is 0.00760. The van der Waals surface area contributed by atoms with Gasteiger partial charge < -0.3 is 33.5 Å². The summed E-state index contributed by atoms with van der Waals surface area (Å²) in [6.45, 7) is 6.18. The predicted molar refractivity (Wildman–Crippen MR) is 102 cm³/mol. The predicted octanol–water partition coefficient (Wildman–Crippen LogP) is 0.944. The third-order valence-corrected chi connectivity index (χ3v) is 3.89. The Hall–Kier alpha value is -2.43. The topological polar surface area (TPSA) is 118 Å². The molecule has 0 unspecified atom stereocenters. The van der Waals surface area contributed by atoms with Crippen molar-refractivity contribution in [3.8, 4) is 11.6 Å². The zero-order valence-electron chi connectivity index (χ0n) is 17.0. The number of carbonyl (C=O) groups is 1. The molecular formula is C19H28N2O8. The van der Waals surface area contributed by atoms with Gasteiger partial charge in [0.25, 0.3) is 0 Å². The molecule has 0 amide bonds. The Bertz CT molecular complexity index is 697. The average molecular weight is 412 g/mol. The van der Waals surface area contributed by atoms with Crippen LogP contribution in [0.4, 0.5) is 0 Å². The summed E-state index contributed by atoms with van der Waals surface area (Å²) in [5.41, 5.74) is -1.07. The zero-order chi connectivity index (χ0) is 21.1. The number of ether oxygens (including phenoxy) is 6. The second kappa shape index (κ2) is 11.5. The van der Waals surface area contributed by atoms with Gasteiger partial charge in [-0.25, -0.2) is 14.8 Å². The van der Waals surface area contributed by atoms with Crippen molar-refractivity contribution in [1.82, 2.24) is 4.98 Å². The van der Waals surface area contributed by atoms with E-state index in [4.69, 9.17) is 28.4 Å².